The monoisotopic (exact) mass is 252 g/mol. The number of nitrogens with two attached hydrogens (primary N) is 1. The van der Waals surface area contributed by atoms with Crippen LogP contribution in [0.3, 0.4) is 0 Å². The topological polar surface area (TPSA) is 110 Å². The summed E-state index contributed by atoms with van der Waals surface area (Å²) in [7, 11) is -4.72. The Morgan fingerprint density at radius 1 is 1.64 bits per heavy atom. The molecule has 0 aliphatic rings. The number of amides is 2. The smallest absolute Gasteiger partial charge is 0.349 e. The van der Waals surface area contributed by atoms with Gasteiger partial charge in [0.25, 0.3) is 0 Å². The summed E-state index contributed by atoms with van der Waals surface area (Å²) in [6.45, 7) is 0. The molecular formula is CH4N2O5S2Zn. The number of hydroxylamine groups is 1. The van der Waals surface area contributed by atoms with E-state index in [0.717, 1.165) is 0 Å². The van der Waals surface area contributed by atoms with Gasteiger partial charge in [0.05, 0.1) is 0 Å². The zero-order valence-electron chi connectivity index (χ0n) is 5.17. The van der Waals surface area contributed by atoms with Crippen LogP contribution in [0.2, 0.25) is 0 Å². The average molecular weight is 254 g/mol. The molecule has 0 saturated carbocycles. The van der Waals surface area contributed by atoms with E-state index >= 15 is 0 Å². The van der Waals surface area contributed by atoms with Gasteiger partial charge in [-0.3, -0.25) is 4.55 Å². The molecular weight excluding hydrogens is 250 g/mol. The van der Waals surface area contributed by atoms with Gasteiger partial charge in [-0.1, -0.05) is 0 Å². The SMILES string of the molecule is NC(=O)N(S)OS(=O)(=O)O.[Zn]. The summed E-state index contributed by atoms with van der Waals surface area (Å²) in [5.74, 6) is 0. The van der Waals surface area contributed by atoms with Crippen molar-refractivity contribution >= 4 is 29.2 Å². The van der Waals surface area contributed by atoms with E-state index in [4.69, 9.17) is 4.55 Å². The van der Waals surface area contributed by atoms with E-state index < -0.39 is 16.4 Å². The Morgan fingerprint density at radius 3 is 2.09 bits per heavy atom. The van der Waals surface area contributed by atoms with Gasteiger partial charge in [-0.25, -0.2) is 4.79 Å². The summed E-state index contributed by atoms with van der Waals surface area (Å²) in [5, 5.41) is 0. The minimum absolute atomic E-state index is 0. The Hall–Kier alpha value is 0.113. The molecule has 0 heterocycles. The molecule has 0 bridgehead atoms. The van der Waals surface area contributed by atoms with E-state index in [0.29, 0.717) is 0 Å². The number of hydrogen-bond acceptors (Lipinski definition) is 5. The summed E-state index contributed by atoms with van der Waals surface area (Å²) in [6, 6.07) is -1.26. The van der Waals surface area contributed by atoms with Gasteiger partial charge >= 0.3 is 16.4 Å². The molecule has 0 aromatic rings. The maximum Gasteiger partial charge on any atom is 0.419 e. The van der Waals surface area contributed by atoms with Crippen molar-refractivity contribution < 1.29 is 41.5 Å². The average Bonchev–Trinajstić information content (AvgIpc) is 1.60. The van der Waals surface area contributed by atoms with Crippen molar-refractivity contribution in [2.75, 3.05) is 0 Å². The number of thiol groups is 1. The van der Waals surface area contributed by atoms with E-state index in [-0.39, 0.29) is 23.9 Å². The number of rotatable bonds is 2. The van der Waals surface area contributed by atoms with Crippen molar-refractivity contribution in [2.24, 2.45) is 5.73 Å². The van der Waals surface area contributed by atoms with Crippen LogP contribution >= 0.6 is 12.8 Å². The first kappa shape index (κ1) is 13.7. The largest absolute Gasteiger partial charge is 0.419 e. The minimum atomic E-state index is -4.72. The van der Waals surface area contributed by atoms with Gasteiger partial charge in [-0.05, 0) is 12.8 Å². The molecule has 0 atom stereocenters. The van der Waals surface area contributed by atoms with Gasteiger partial charge in [-0.15, -0.1) is 8.75 Å². The maximum atomic E-state index is 9.95. The second-order valence-corrected chi connectivity index (χ2v) is 2.48. The molecule has 0 aromatic carbocycles. The zero-order valence-corrected chi connectivity index (χ0v) is 9.85. The number of urea groups is 1. The fourth-order valence-corrected chi connectivity index (χ4v) is 0.631. The fraction of sp³-hybridized carbons (Fsp3) is 0. The molecule has 0 aromatic heterocycles. The maximum absolute atomic E-state index is 9.95. The van der Waals surface area contributed by atoms with E-state index in [2.05, 4.69) is 22.8 Å². The second kappa shape index (κ2) is 4.88. The molecule has 0 spiro atoms. The molecule has 2 amide bonds. The number of hydrogen-bond donors (Lipinski definition) is 3. The van der Waals surface area contributed by atoms with Gasteiger partial charge in [0.15, 0.2) is 0 Å². The molecule has 0 saturated heterocycles. The minimum Gasteiger partial charge on any atom is -0.349 e. The van der Waals surface area contributed by atoms with Crippen molar-refractivity contribution in [3.05, 3.63) is 0 Å². The Bertz CT molecular complexity index is 225. The third-order valence-corrected chi connectivity index (χ3v) is 1.08. The third kappa shape index (κ3) is 8.02. The van der Waals surface area contributed by atoms with Gasteiger partial charge in [0.1, 0.15) is 0 Å². The van der Waals surface area contributed by atoms with Crippen LogP contribution in [0.1, 0.15) is 0 Å². The summed E-state index contributed by atoms with van der Waals surface area (Å²) >= 11 is 3.12. The third-order valence-electron chi connectivity index (χ3n) is 0.353. The van der Waals surface area contributed by atoms with Crippen LogP contribution in [0.25, 0.3) is 0 Å². The van der Waals surface area contributed by atoms with Crippen molar-refractivity contribution in [1.29, 1.82) is 0 Å². The Labute approximate surface area is 81.1 Å². The molecule has 0 rings (SSSR count). The number of primary amides is 1. The first-order valence-corrected chi connectivity index (χ1v) is 3.55. The number of carbonyl (C=O) groups excluding carboxylic acids is 1. The molecule has 0 aliphatic carbocycles. The van der Waals surface area contributed by atoms with Crippen LogP contribution < -0.4 is 5.73 Å². The van der Waals surface area contributed by atoms with Crippen LogP contribution in [-0.4, -0.2) is 23.5 Å². The van der Waals surface area contributed by atoms with Crippen molar-refractivity contribution in [1.82, 2.24) is 4.47 Å². The standard InChI is InChI=1S/CH4N2O5S2.Zn/c2-1(4)3(9)8-10(5,6)7;/h9H,(H2,2,4)(H,5,6,7);. The first-order chi connectivity index (χ1) is 4.33. The summed E-state index contributed by atoms with van der Waals surface area (Å²) < 4.78 is 30.8. The van der Waals surface area contributed by atoms with Gasteiger partial charge < -0.3 is 5.73 Å². The molecule has 0 radical (unpaired) electrons. The van der Waals surface area contributed by atoms with E-state index in [9.17, 15) is 13.2 Å². The predicted octanol–water partition coefficient (Wildman–Crippen LogP) is -1.06. The molecule has 0 aliphatic heterocycles. The Balaban J connectivity index is 0. The van der Waals surface area contributed by atoms with Crippen molar-refractivity contribution in [3.63, 3.8) is 0 Å². The van der Waals surface area contributed by atoms with Crippen molar-refractivity contribution in [3.8, 4) is 0 Å². The van der Waals surface area contributed by atoms with Crippen LogP contribution in [-0.2, 0) is 34.2 Å². The fourth-order valence-electron chi connectivity index (χ4n) is 0.126. The van der Waals surface area contributed by atoms with Crippen LogP contribution in [0.15, 0.2) is 0 Å². The molecule has 3 N–H and O–H groups in total. The summed E-state index contributed by atoms with van der Waals surface area (Å²) in [5.41, 5.74) is 4.45. The molecule has 10 heteroatoms. The molecule has 7 nitrogen and oxygen atoms in total. The summed E-state index contributed by atoms with van der Waals surface area (Å²) in [6.07, 6.45) is 0. The normalized spacial score (nSPS) is 10.0. The number of nitrogens with zero attached hydrogens (tertiary/aromatic N) is 1. The Kier molecular flexibility index (Phi) is 6.08. The number of carbonyl (C=O) groups is 1. The second-order valence-electron chi connectivity index (χ2n) is 1.11. The van der Waals surface area contributed by atoms with E-state index in [1.807, 2.05) is 0 Å². The van der Waals surface area contributed by atoms with Gasteiger partial charge in [0.2, 0.25) is 0 Å². The van der Waals surface area contributed by atoms with Gasteiger partial charge in [0, 0.05) is 19.5 Å². The van der Waals surface area contributed by atoms with Crippen molar-refractivity contribution in [2.45, 2.75) is 0 Å². The molecule has 11 heavy (non-hydrogen) atoms. The van der Waals surface area contributed by atoms with Crippen LogP contribution in [0.4, 0.5) is 4.79 Å². The first-order valence-electron chi connectivity index (χ1n) is 1.78. The quantitative estimate of drug-likeness (QED) is 0.252. The Morgan fingerprint density at radius 2 is 2.00 bits per heavy atom. The van der Waals surface area contributed by atoms with Crippen LogP contribution in [0.5, 0.6) is 0 Å². The molecule has 0 fully saturated rings. The molecule has 62 valence electrons. The van der Waals surface area contributed by atoms with Crippen LogP contribution in [0, 0.1) is 0 Å². The summed E-state index contributed by atoms with van der Waals surface area (Å²) in [4.78, 5) is 9.95. The molecule has 0 unspecified atom stereocenters. The predicted molar refractivity (Wildman–Crippen MR) is 33.0 cm³/mol. The van der Waals surface area contributed by atoms with E-state index in [1.54, 1.807) is 0 Å². The van der Waals surface area contributed by atoms with E-state index in [1.165, 1.54) is 0 Å². The zero-order chi connectivity index (χ0) is 8.36. The van der Waals surface area contributed by atoms with Gasteiger partial charge in [-0.2, -0.15) is 8.42 Å².